The van der Waals surface area contributed by atoms with Gasteiger partial charge >= 0.3 is 0 Å². The number of hydrogen-bond donors (Lipinski definition) is 0. The molecule has 0 fully saturated rings. The van der Waals surface area contributed by atoms with Gasteiger partial charge in [0.25, 0.3) is 0 Å². The maximum Gasteiger partial charge on any atom is 0.0977 e. The number of hydrogen-bond acceptors (Lipinski definition) is 2. The van der Waals surface area contributed by atoms with Gasteiger partial charge in [0, 0.05) is 16.9 Å². The number of nitrogens with zero attached hydrogens (tertiary/aromatic N) is 2. The molecule has 10 heavy (non-hydrogen) atoms. The zero-order valence-corrected chi connectivity index (χ0v) is 7.22. The zero-order chi connectivity index (χ0) is 7.56. The van der Waals surface area contributed by atoms with Crippen LogP contribution in [0.15, 0.2) is 19.0 Å². The molecule has 0 atom stereocenters. The van der Waals surface area contributed by atoms with Crippen LogP contribution >= 0.6 is 15.9 Å². The lowest BCUT2D eigenvalue weighted by Crippen LogP contribution is -1.90. The molecule has 0 saturated heterocycles. The van der Waals surface area contributed by atoms with Crippen molar-refractivity contribution in [2.75, 3.05) is 0 Å². The van der Waals surface area contributed by atoms with Gasteiger partial charge in [-0.2, -0.15) is 0 Å². The van der Waals surface area contributed by atoms with Gasteiger partial charge in [-0.15, -0.1) is 0 Å². The second-order valence-electron chi connectivity index (χ2n) is 1.90. The summed E-state index contributed by atoms with van der Waals surface area (Å²) in [5.74, 6) is 0. The normalized spacial score (nSPS) is 9.40. The van der Waals surface area contributed by atoms with Crippen molar-refractivity contribution < 1.29 is 0 Å². The van der Waals surface area contributed by atoms with Crippen molar-refractivity contribution in [1.82, 2.24) is 9.97 Å². The highest BCUT2D eigenvalue weighted by Crippen LogP contribution is 2.17. The first-order valence-corrected chi connectivity index (χ1v) is 3.63. The van der Waals surface area contributed by atoms with Gasteiger partial charge in [-0.05, 0) is 22.9 Å². The summed E-state index contributed by atoms with van der Waals surface area (Å²) in [5, 5.41) is 0. The molecule has 0 saturated carbocycles. The van der Waals surface area contributed by atoms with E-state index in [1.54, 1.807) is 12.4 Å². The Morgan fingerprint density at radius 2 is 2.10 bits per heavy atom. The lowest BCUT2D eigenvalue weighted by atomic mass is 10.3. The average Bonchev–Trinajstić information content (AvgIpc) is 1.88. The molecule has 1 heterocycles. The van der Waals surface area contributed by atoms with E-state index in [-0.39, 0.29) is 0 Å². The van der Waals surface area contributed by atoms with E-state index in [0.717, 1.165) is 15.9 Å². The van der Waals surface area contributed by atoms with Crippen LogP contribution in [0.3, 0.4) is 0 Å². The summed E-state index contributed by atoms with van der Waals surface area (Å²) in [7, 11) is 0. The molecule has 0 aliphatic rings. The predicted molar refractivity (Wildman–Crippen MR) is 44.7 cm³/mol. The van der Waals surface area contributed by atoms with Crippen molar-refractivity contribution in [1.29, 1.82) is 0 Å². The fourth-order valence-electron chi connectivity index (χ4n) is 0.674. The van der Waals surface area contributed by atoms with Crippen molar-refractivity contribution in [3.8, 4) is 0 Å². The maximum absolute atomic E-state index is 4.07. The lowest BCUT2D eigenvalue weighted by molar-refractivity contribution is 1.10. The van der Waals surface area contributed by atoms with E-state index in [2.05, 4.69) is 32.5 Å². The second-order valence-corrected chi connectivity index (χ2v) is 2.85. The van der Waals surface area contributed by atoms with E-state index in [4.69, 9.17) is 0 Å². The van der Waals surface area contributed by atoms with Crippen LogP contribution in [0.2, 0.25) is 0 Å². The summed E-state index contributed by atoms with van der Waals surface area (Å²) in [4.78, 5) is 8.12. The Hall–Kier alpha value is -0.700. The van der Waals surface area contributed by atoms with Gasteiger partial charge < -0.3 is 0 Å². The minimum Gasteiger partial charge on any atom is -0.258 e. The summed E-state index contributed by atoms with van der Waals surface area (Å²) in [6, 6.07) is 0. The smallest absolute Gasteiger partial charge is 0.0977 e. The molecular weight excluding hydrogens is 192 g/mol. The third kappa shape index (κ3) is 1.42. The van der Waals surface area contributed by atoms with Gasteiger partial charge in [0.05, 0.1) is 11.4 Å². The van der Waals surface area contributed by atoms with E-state index in [1.807, 2.05) is 6.92 Å². The first-order valence-electron chi connectivity index (χ1n) is 2.84. The Morgan fingerprint density at radius 3 is 2.50 bits per heavy atom. The Bertz CT molecular complexity index is 258. The van der Waals surface area contributed by atoms with Crippen LogP contribution in [0.5, 0.6) is 0 Å². The monoisotopic (exact) mass is 198 g/mol. The highest BCUT2D eigenvalue weighted by atomic mass is 79.9. The molecule has 1 aromatic heterocycles. The Morgan fingerprint density at radius 1 is 1.50 bits per heavy atom. The summed E-state index contributed by atoms with van der Waals surface area (Å²) in [5.41, 5.74) is 1.71. The van der Waals surface area contributed by atoms with Gasteiger partial charge in [0.1, 0.15) is 0 Å². The highest BCUT2D eigenvalue weighted by molar-refractivity contribution is 9.15. The van der Waals surface area contributed by atoms with Crippen molar-refractivity contribution in [3.05, 3.63) is 30.4 Å². The molecule has 0 N–H and O–H groups in total. The van der Waals surface area contributed by atoms with Gasteiger partial charge in [0.15, 0.2) is 0 Å². The third-order valence-corrected chi connectivity index (χ3v) is 1.51. The number of halogens is 1. The average molecular weight is 199 g/mol. The van der Waals surface area contributed by atoms with Crippen molar-refractivity contribution in [3.63, 3.8) is 0 Å². The molecule has 0 aliphatic heterocycles. The first-order chi connectivity index (χ1) is 4.72. The van der Waals surface area contributed by atoms with E-state index in [0.29, 0.717) is 0 Å². The van der Waals surface area contributed by atoms with Crippen molar-refractivity contribution in [2.24, 2.45) is 0 Å². The van der Waals surface area contributed by atoms with Crippen LogP contribution in [0.1, 0.15) is 11.4 Å². The molecule has 52 valence electrons. The van der Waals surface area contributed by atoms with Gasteiger partial charge in [-0.1, -0.05) is 6.58 Å². The van der Waals surface area contributed by atoms with E-state index < -0.39 is 0 Å². The Labute approximate surface area is 68.1 Å². The van der Waals surface area contributed by atoms with Crippen LogP contribution < -0.4 is 0 Å². The summed E-state index contributed by atoms with van der Waals surface area (Å²) in [6.07, 6.45) is 3.31. The molecule has 3 heteroatoms. The molecule has 1 aromatic rings. The first kappa shape index (κ1) is 7.41. The molecule has 0 unspecified atom stereocenters. The fourth-order valence-corrected chi connectivity index (χ4v) is 1.06. The van der Waals surface area contributed by atoms with Gasteiger partial charge in [-0.3, -0.25) is 9.97 Å². The SMILES string of the molecule is C=C(Br)c1nccnc1C. The van der Waals surface area contributed by atoms with Crippen LogP contribution in [0, 0.1) is 6.92 Å². The standard InChI is InChI=1S/C7H7BrN2/c1-5(8)7-6(2)9-3-4-10-7/h3-4H,1H2,2H3. The summed E-state index contributed by atoms with van der Waals surface area (Å²) < 4.78 is 0.776. The van der Waals surface area contributed by atoms with Crippen LogP contribution in [0.4, 0.5) is 0 Å². The molecule has 0 aromatic carbocycles. The molecule has 1 rings (SSSR count). The number of aryl methyl sites for hydroxylation is 1. The van der Waals surface area contributed by atoms with Crippen molar-refractivity contribution in [2.45, 2.75) is 6.92 Å². The van der Waals surface area contributed by atoms with Crippen LogP contribution in [0.25, 0.3) is 4.48 Å². The number of aromatic nitrogens is 2. The maximum atomic E-state index is 4.07. The van der Waals surface area contributed by atoms with Crippen LogP contribution in [-0.4, -0.2) is 9.97 Å². The molecule has 0 radical (unpaired) electrons. The zero-order valence-electron chi connectivity index (χ0n) is 5.63. The van der Waals surface area contributed by atoms with Crippen LogP contribution in [-0.2, 0) is 0 Å². The molecule has 2 nitrogen and oxygen atoms in total. The highest BCUT2D eigenvalue weighted by Gasteiger charge is 1.99. The summed E-state index contributed by atoms with van der Waals surface area (Å²) in [6.45, 7) is 5.60. The van der Waals surface area contributed by atoms with Gasteiger partial charge in [0.2, 0.25) is 0 Å². The molecule has 0 spiro atoms. The lowest BCUT2D eigenvalue weighted by Gasteiger charge is -1.98. The van der Waals surface area contributed by atoms with Crippen molar-refractivity contribution >= 4 is 20.4 Å². The Balaban J connectivity index is 3.15. The molecule has 0 amide bonds. The van der Waals surface area contributed by atoms with E-state index in [9.17, 15) is 0 Å². The summed E-state index contributed by atoms with van der Waals surface area (Å²) >= 11 is 3.24. The fraction of sp³-hybridized carbons (Fsp3) is 0.143. The third-order valence-electron chi connectivity index (χ3n) is 1.14. The number of rotatable bonds is 1. The topological polar surface area (TPSA) is 25.8 Å². The van der Waals surface area contributed by atoms with Gasteiger partial charge in [-0.25, -0.2) is 0 Å². The predicted octanol–water partition coefficient (Wildman–Crippen LogP) is 2.15. The molecular formula is C7H7BrN2. The minimum atomic E-state index is 0.776. The minimum absolute atomic E-state index is 0.776. The second kappa shape index (κ2) is 2.92. The quantitative estimate of drug-likeness (QED) is 0.692. The van der Waals surface area contributed by atoms with E-state index >= 15 is 0 Å². The Kier molecular flexibility index (Phi) is 2.17. The van der Waals surface area contributed by atoms with E-state index in [1.165, 1.54) is 0 Å². The molecule has 0 bridgehead atoms. The molecule has 0 aliphatic carbocycles. The largest absolute Gasteiger partial charge is 0.258 e.